The minimum atomic E-state index is 0. The zero-order valence-corrected chi connectivity index (χ0v) is 15.3. The summed E-state index contributed by atoms with van der Waals surface area (Å²) in [7, 11) is 3.41. The first-order valence-corrected chi connectivity index (χ1v) is 6.86. The van der Waals surface area contributed by atoms with Gasteiger partial charge in [0.15, 0.2) is 5.96 Å². The maximum absolute atomic E-state index is 5.93. The molecule has 0 amide bonds. The molecular formula is C14H23ClIN3O. The molecule has 0 heterocycles. The maximum Gasteiger partial charge on any atom is 0.191 e. The van der Waals surface area contributed by atoms with Crippen LogP contribution in [0.25, 0.3) is 0 Å². The number of ether oxygens (including phenoxy) is 1. The number of hydrogen-bond donors (Lipinski definition) is 2. The second-order valence-corrected chi connectivity index (χ2v) is 4.60. The molecule has 0 aliphatic rings. The van der Waals surface area contributed by atoms with E-state index in [0.29, 0.717) is 11.6 Å². The molecule has 4 nitrogen and oxygen atoms in total. The highest BCUT2D eigenvalue weighted by Gasteiger charge is 2.04. The quantitative estimate of drug-likeness (QED) is 0.326. The molecule has 20 heavy (non-hydrogen) atoms. The molecule has 0 aliphatic carbocycles. The lowest BCUT2D eigenvalue weighted by molar-refractivity contribution is 0.409. The van der Waals surface area contributed by atoms with E-state index in [2.05, 4.69) is 22.5 Å². The van der Waals surface area contributed by atoms with Crippen molar-refractivity contribution in [3.8, 4) is 5.75 Å². The van der Waals surface area contributed by atoms with E-state index >= 15 is 0 Å². The van der Waals surface area contributed by atoms with Crippen LogP contribution in [-0.4, -0.2) is 26.7 Å². The highest BCUT2D eigenvalue weighted by molar-refractivity contribution is 14.0. The maximum atomic E-state index is 5.93. The van der Waals surface area contributed by atoms with Crippen LogP contribution in [0.3, 0.4) is 0 Å². The van der Waals surface area contributed by atoms with Crippen molar-refractivity contribution in [1.29, 1.82) is 0 Å². The molecule has 114 valence electrons. The topological polar surface area (TPSA) is 45.7 Å². The van der Waals surface area contributed by atoms with Gasteiger partial charge in [-0.1, -0.05) is 31.0 Å². The van der Waals surface area contributed by atoms with E-state index in [-0.39, 0.29) is 24.0 Å². The molecule has 0 bridgehead atoms. The van der Waals surface area contributed by atoms with Crippen molar-refractivity contribution < 1.29 is 4.74 Å². The van der Waals surface area contributed by atoms with Gasteiger partial charge in [-0.05, 0) is 18.6 Å². The molecule has 1 aromatic rings. The summed E-state index contributed by atoms with van der Waals surface area (Å²) in [6.07, 6.45) is 2.29. The smallest absolute Gasteiger partial charge is 0.191 e. The van der Waals surface area contributed by atoms with Crippen molar-refractivity contribution in [1.82, 2.24) is 10.6 Å². The van der Waals surface area contributed by atoms with Crippen molar-refractivity contribution in [2.24, 2.45) is 4.99 Å². The second-order valence-electron chi connectivity index (χ2n) is 4.16. The third-order valence-corrected chi connectivity index (χ3v) is 2.98. The van der Waals surface area contributed by atoms with E-state index in [0.717, 1.165) is 36.7 Å². The Morgan fingerprint density at radius 1 is 1.35 bits per heavy atom. The molecule has 0 unspecified atom stereocenters. The minimum Gasteiger partial charge on any atom is -0.496 e. The Balaban J connectivity index is 0.00000361. The molecule has 6 heteroatoms. The summed E-state index contributed by atoms with van der Waals surface area (Å²) in [6, 6.07) is 5.62. The van der Waals surface area contributed by atoms with E-state index in [1.54, 1.807) is 14.2 Å². The van der Waals surface area contributed by atoms with E-state index in [1.165, 1.54) is 0 Å². The lowest BCUT2D eigenvalue weighted by atomic mass is 10.2. The van der Waals surface area contributed by atoms with Gasteiger partial charge in [-0.2, -0.15) is 0 Å². The zero-order valence-electron chi connectivity index (χ0n) is 12.2. The predicted molar refractivity (Wildman–Crippen MR) is 96.5 cm³/mol. The fourth-order valence-electron chi connectivity index (χ4n) is 1.65. The first-order valence-electron chi connectivity index (χ1n) is 6.48. The van der Waals surface area contributed by atoms with Crippen LogP contribution >= 0.6 is 35.6 Å². The molecule has 0 aromatic heterocycles. The van der Waals surface area contributed by atoms with Gasteiger partial charge in [0.1, 0.15) is 5.75 Å². The Morgan fingerprint density at radius 3 is 2.70 bits per heavy atom. The Hall–Kier alpha value is -0.690. The molecule has 0 aliphatic heterocycles. The monoisotopic (exact) mass is 411 g/mol. The van der Waals surface area contributed by atoms with Gasteiger partial charge in [0, 0.05) is 30.7 Å². The molecule has 2 N–H and O–H groups in total. The Kier molecular flexibility index (Phi) is 10.6. The van der Waals surface area contributed by atoms with Crippen LogP contribution < -0.4 is 15.4 Å². The Bertz CT molecular complexity index is 427. The number of benzene rings is 1. The SMILES string of the molecule is CCCCNC(=NC)NCc1ccc(Cl)cc1OC.I. The highest BCUT2D eigenvalue weighted by atomic mass is 127. The van der Waals surface area contributed by atoms with Crippen molar-refractivity contribution in [3.05, 3.63) is 28.8 Å². The number of guanidine groups is 1. The zero-order chi connectivity index (χ0) is 14.1. The number of aliphatic imine (C=N–C) groups is 1. The minimum absolute atomic E-state index is 0. The van der Waals surface area contributed by atoms with Gasteiger partial charge >= 0.3 is 0 Å². The first kappa shape index (κ1) is 19.3. The van der Waals surface area contributed by atoms with Crippen molar-refractivity contribution in [2.75, 3.05) is 20.7 Å². The average molecular weight is 412 g/mol. The van der Waals surface area contributed by atoms with Crippen LogP contribution in [-0.2, 0) is 6.54 Å². The number of hydrogen-bond acceptors (Lipinski definition) is 2. The van der Waals surface area contributed by atoms with E-state index < -0.39 is 0 Å². The third kappa shape index (κ3) is 6.65. The standard InChI is InChI=1S/C14H22ClN3O.HI/c1-4-5-8-17-14(16-2)18-10-11-6-7-12(15)9-13(11)19-3;/h6-7,9H,4-5,8,10H2,1-3H3,(H2,16,17,18);1H. The van der Waals surface area contributed by atoms with Crippen LogP contribution in [0.5, 0.6) is 5.75 Å². The van der Waals surface area contributed by atoms with Crippen LogP contribution in [0.1, 0.15) is 25.3 Å². The number of nitrogens with zero attached hydrogens (tertiary/aromatic N) is 1. The summed E-state index contributed by atoms with van der Waals surface area (Å²) in [5.41, 5.74) is 1.05. The summed E-state index contributed by atoms with van der Waals surface area (Å²) in [5, 5.41) is 7.19. The molecule has 0 atom stereocenters. The summed E-state index contributed by atoms with van der Waals surface area (Å²) in [4.78, 5) is 4.18. The predicted octanol–water partition coefficient (Wildman–Crippen LogP) is 3.43. The van der Waals surface area contributed by atoms with E-state index in [1.807, 2.05) is 18.2 Å². The van der Waals surface area contributed by atoms with Gasteiger partial charge in [0.25, 0.3) is 0 Å². The van der Waals surface area contributed by atoms with Crippen LogP contribution in [0.4, 0.5) is 0 Å². The van der Waals surface area contributed by atoms with Gasteiger partial charge in [-0.3, -0.25) is 4.99 Å². The number of nitrogens with one attached hydrogen (secondary N) is 2. The third-order valence-electron chi connectivity index (χ3n) is 2.74. The fourth-order valence-corrected chi connectivity index (χ4v) is 1.81. The molecule has 0 spiro atoms. The van der Waals surface area contributed by atoms with Crippen molar-refractivity contribution in [3.63, 3.8) is 0 Å². The van der Waals surface area contributed by atoms with Gasteiger partial charge in [0.05, 0.1) is 7.11 Å². The lowest BCUT2D eigenvalue weighted by Gasteiger charge is -2.13. The highest BCUT2D eigenvalue weighted by Crippen LogP contribution is 2.22. The van der Waals surface area contributed by atoms with Gasteiger partial charge < -0.3 is 15.4 Å². The molecule has 0 saturated carbocycles. The summed E-state index contributed by atoms with van der Waals surface area (Å²) >= 11 is 5.93. The van der Waals surface area contributed by atoms with Crippen LogP contribution in [0.15, 0.2) is 23.2 Å². The van der Waals surface area contributed by atoms with Crippen LogP contribution in [0, 0.1) is 0 Å². The Morgan fingerprint density at radius 2 is 2.10 bits per heavy atom. The number of unbranched alkanes of at least 4 members (excludes halogenated alkanes) is 1. The average Bonchev–Trinajstić information content (AvgIpc) is 2.43. The van der Waals surface area contributed by atoms with Gasteiger partial charge in [0.2, 0.25) is 0 Å². The summed E-state index contributed by atoms with van der Waals surface area (Å²) in [6.45, 7) is 3.73. The number of methoxy groups -OCH3 is 1. The lowest BCUT2D eigenvalue weighted by Crippen LogP contribution is -2.37. The fraction of sp³-hybridized carbons (Fsp3) is 0.500. The normalized spacial score (nSPS) is 10.7. The summed E-state index contributed by atoms with van der Waals surface area (Å²) in [5.74, 6) is 1.58. The first-order chi connectivity index (χ1) is 9.21. The molecule has 0 saturated heterocycles. The Labute approximate surface area is 143 Å². The van der Waals surface area contributed by atoms with E-state index in [9.17, 15) is 0 Å². The number of rotatable bonds is 6. The van der Waals surface area contributed by atoms with Crippen molar-refractivity contribution >= 4 is 41.5 Å². The number of halogens is 2. The molecular weight excluding hydrogens is 389 g/mol. The van der Waals surface area contributed by atoms with Crippen LogP contribution in [0.2, 0.25) is 5.02 Å². The van der Waals surface area contributed by atoms with Gasteiger partial charge in [-0.25, -0.2) is 0 Å². The molecule has 0 radical (unpaired) electrons. The van der Waals surface area contributed by atoms with Crippen molar-refractivity contribution in [2.45, 2.75) is 26.3 Å². The molecule has 0 fully saturated rings. The second kappa shape index (κ2) is 11.0. The molecule has 1 aromatic carbocycles. The molecule has 1 rings (SSSR count). The van der Waals surface area contributed by atoms with E-state index in [4.69, 9.17) is 16.3 Å². The summed E-state index contributed by atoms with van der Waals surface area (Å²) < 4.78 is 5.31. The largest absolute Gasteiger partial charge is 0.496 e. The van der Waals surface area contributed by atoms with Gasteiger partial charge in [-0.15, -0.1) is 24.0 Å².